The molecule has 0 N–H and O–H groups in total. The highest BCUT2D eigenvalue weighted by Crippen LogP contribution is 2.33. The quantitative estimate of drug-likeness (QED) is 0.622. The summed E-state index contributed by atoms with van der Waals surface area (Å²) in [6.45, 7) is 0. The number of aromatic nitrogens is 1. The minimum atomic E-state index is 0.554. The number of pyridine rings is 1. The number of hydrogen-bond donors (Lipinski definition) is 0. The van der Waals surface area contributed by atoms with E-state index in [1.165, 1.54) is 0 Å². The fraction of sp³-hybridized carbons (Fsp3) is 0. The zero-order chi connectivity index (χ0) is 13.2. The lowest BCUT2D eigenvalue weighted by molar-refractivity contribution is 0.469. The van der Waals surface area contributed by atoms with Crippen LogP contribution >= 0.6 is 27.5 Å². The molecule has 19 heavy (non-hydrogen) atoms. The topological polar surface area (TPSA) is 22.1 Å². The number of rotatable bonds is 2. The molecule has 2 nitrogen and oxygen atoms in total. The minimum absolute atomic E-state index is 0.554. The van der Waals surface area contributed by atoms with Crippen molar-refractivity contribution in [2.75, 3.05) is 0 Å². The Morgan fingerprint density at radius 2 is 1.89 bits per heavy atom. The van der Waals surface area contributed by atoms with Gasteiger partial charge in [0.2, 0.25) is 5.88 Å². The Labute approximate surface area is 124 Å². The molecule has 3 rings (SSSR count). The number of ether oxygens (including phenoxy) is 1. The van der Waals surface area contributed by atoms with Crippen LogP contribution in [0.1, 0.15) is 0 Å². The molecule has 0 bridgehead atoms. The molecule has 1 heterocycles. The molecule has 4 heteroatoms. The van der Waals surface area contributed by atoms with Gasteiger partial charge in [-0.2, -0.15) is 0 Å². The third-order valence-corrected chi connectivity index (χ3v) is 3.54. The third-order valence-electron chi connectivity index (χ3n) is 2.74. The maximum atomic E-state index is 6.12. The van der Waals surface area contributed by atoms with E-state index in [9.17, 15) is 0 Å². The summed E-state index contributed by atoms with van der Waals surface area (Å²) in [5.41, 5.74) is 0. The van der Waals surface area contributed by atoms with Crippen molar-refractivity contribution in [2.45, 2.75) is 0 Å². The fourth-order valence-corrected chi connectivity index (χ4v) is 2.33. The van der Waals surface area contributed by atoms with Gasteiger partial charge in [-0.15, -0.1) is 0 Å². The summed E-state index contributed by atoms with van der Waals surface area (Å²) in [5, 5.41) is 2.59. The van der Waals surface area contributed by atoms with Gasteiger partial charge < -0.3 is 4.74 Å². The highest BCUT2D eigenvalue weighted by molar-refractivity contribution is 9.10. The first-order valence-corrected chi connectivity index (χ1v) is 6.88. The Morgan fingerprint density at radius 1 is 1.05 bits per heavy atom. The fourth-order valence-electron chi connectivity index (χ4n) is 1.83. The molecule has 0 aliphatic heterocycles. The van der Waals surface area contributed by atoms with Gasteiger partial charge >= 0.3 is 0 Å². The maximum Gasteiger partial charge on any atom is 0.227 e. The molecule has 1 aromatic heterocycles. The Hall–Kier alpha value is -1.58. The first-order valence-electron chi connectivity index (χ1n) is 5.71. The van der Waals surface area contributed by atoms with E-state index in [0.717, 1.165) is 15.2 Å². The predicted molar refractivity (Wildman–Crippen MR) is 81.0 cm³/mol. The molecule has 0 saturated heterocycles. The Bertz CT molecular complexity index is 740. The van der Waals surface area contributed by atoms with Crippen LogP contribution in [0.2, 0.25) is 5.02 Å². The Morgan fingerprint density at radius 3 is 2.79 bits per heavy atom. The van der Waals surface area contributed by atoms with Crippen LogP contribution in [0.5, 0.6) is 11.6 Å². The highest BCUT2D eigenvalue weighted by Gasteiger charge is 2.08. The molecule has 0 aliphatic carbocycles. The average Bonchev–Trinajstić information content (AvgIpc) is 2.43. The van der Waals surface area contributed by atoms with E-state index >= 15 is 0 Å². The second kappa shape index (κ2) is 5.19. The lowest BCUT2D eigenvalue weighted by Crippen LogP contribution is -1.90. The van der Waals surface area contributed by atoms with Crippen LogP contribution in [0.15, 0.2) is 59.2 Å². The van der Waals surface area contributed by atoms with E-state index in [4.69, 9.17) is 16.3 Å². The summed E-state index contributed by atoms with van der Waals surface area (Å²) in [7, 11) is 0. The first kappa shape index (κ1) is 12.5. The number of hydrogen-bond acceptors (Lipinski definition) is 2. The molecule has 0 aliphatic rings. The molecule has 0 fully saturated rings. The van der Waals surface area contributed by atoms with Crippen LogP contribution in [0.3, 0.4) is 0 Å². The van der Waals surface area contributed by atoms with E-state index in [0.29, 0.717) is 16.7 Å². The van der Waals surface area contributed by atoms with E-state index in [2.05, 4.69) is 20.9 Å². The van der Waals surface area contributed by atoms with Gasteiger partial charge in [0.15, 0.2) is 0 Å². The first-order chi connectivity index (χ1) is 9.24. The zero-order valence-electron chi connectivity index (χ0n) is 9.81. The Kier molecular flexibility index (Phi) is 3.40. The molecule has 0 spiro atoms. The van der Waals surface area contributed by atoms with Crippen molar-refractivity contribution in [3.05, 3.63) is 64.2 Å². The largest absolute Gasteiger partial charge is 0.437 e. The van der Waals surface area contributed by atoms with Crippen molar-refractivity contribution < 1.29 is 4.74 Å². The molecule has 94 valence electrons. The molecule has 0 unspecified atom stereocenters. The van der Waals surface area contributed by atoms with Gasteiger partial charge in [0, 0.05) is 16.1 Å². The predicted octanol–water partition coefficient (Wildman–Crippen LogP) is 5.44. The molecule has 0 radical (unpaired) electrons. The van der Waals surface area contributed by atoms with Gasteiger partial charge in [-0.05, 0) is 35.7 Å². The molecular formula is C15H9BrClNO. The van der Waals surface area contributed by atoms with Crippen LogP contribution in [-0.2, 0) is 0 Å². The summed E-state index contributed by atoms with van der Waals surface area (Å²) >= 11 is 9.52. The van der Waals surface area contributed by atoms with Gasteiger partial charge in [0.1, 0.15) is 5.75 Å². The van der Waals surface area contributed by atoms with Crippen LogP contribution < -0.4 is 4.74 Å². The molecule has 0 atom stereocenters. The van der Waals surface area contributed by atoms with E-state index in [-0.39, 0.29) is 0 Å². The second-order valence-electron chi connectivity index (χ2n) is 4.01. The number of benzene rings is 2. The van der Waals surface area contributed by atoms with E-state index < -0.39 is 0 Å². The zero-order valence-corrected chi connectivity index (χ0v) is 12.1. The number of halogens is 2. The monoisotopic (exact) mass is 333 g/mol. The molecule has 0 amide bonds. The number of nitrogens with zero attached hydrogens (tertiary/aromatic N) is 1. The van der Waals surface area contributed by atoms with Crippen LogP contribution in [0, 0.1) is 0 Å². The highest BCUT2D eigenvalue weighted by atomic mass is 79.9. The van der Waals surface area contributed by atoms with Crippen molar-refractivity contribution in [1.29, 1.82) is 0 Å². The van der Waals surface area contributed by atoms with Crippen molar-refractivity contribution in [3.8, 4) is 11.6 Å². The average molecular weight is 335 g/mol. The standard InChI is InChI=1S/C15H9BrClNO/c16-11-5-6-13(17)14(9-11)19-15-12-4-2-1-3-10(12)7-8-18-15/h1-9H. The van der Waals surface area contributed by atoms with Crippen molar-refractivity contribution in [1.82, 2.24) is 4.98 Å². The second-order valence-corrected chi connectivity index (χ2v) is 5.34. The minimum Gasteiger partial charge on any atom is -0.437 e. The maximum absolute atomic E-state index is 6.12. The molecule has 3 aromatic rings. The van der Waals surface area contributed by atoms with E-state index in [1.54, 1.807) is 12.3 Å². The van der Waals surface area contributed by atoms with Crippen molar-refractivity contribution in [2.24, 2.45) is 0 Å². The normalized spacial score (nSPS) is 10.6. The van der Waals surface area contributed by atoms with Crippen LogP contribution in [0.25, 0.3) is 10.8 Å². The smallest absolute Gasteiger partial charge is 0.227 e. The van der Waals surface area contributed by atoms with Crippen molar-refractivity contribution in [3.63, 3.8) is 0 Å². The number of fused-ring (bicyclic) bond motifs is 1. The summed E-state index contributed by atoms with van der Waals surface area (Å²) in [5.74, 6) is 1.14. The lowest BCUT2D eigenvalue weighted by Gasteiger charge is -2.09. The summed E-state index contributed by atoms with van der Waals surface area (Å²) in [4.78, 5) is 4.28. The Balaban J connectivity index is 2.08. The SMILES string of the molecule is Clc1ccc(Br)cc1Oc1nccc2ccccc12. The van der Waals surface area contributed by atoms with Gasteiger partial charge in [-0.3, -0.25) is 0 Å². The van der Waals surface area contributed by atoms with Gasteiger partial charge in [-0.1, -0.05) is 45.7 Å². The van der Waals surface area contributed by atoms with Gasteiger partial charge in [0.05, 0.1) is 5.02 Å². The van der Waals surface area contributed by atoms with Crippen molar-refractivity contribution >= 4 is 38.3 Å². The summed E-state index contributed by atoms with van der Waals surface area (Å²) < 4.78 is 6.74. The summed E-state index contributed by atoms with van der Waals surface area (Å²) in [6.07, 6.45) is 1.73. The molecule has 2 aromatic carbocycles. The van der Waals surface area contributed by atoms with Gasteiger partial charge in [0.25, 0.3) is 0 Å². The van der Waals surface area contributed by atoms with E-state index in [1.807, 2.05) is 42.5 Å². The van der Waals surface area contributed by atoms with Crippen LogP contribution in [0.4, 0.5) is 0 Å². The lowest BCUT2D eigenvalue weighted by atomic mass is 10.2. The molecule has 0 saturated carbocycles. The van der Waals surface area contributed by atoms with Crippen LogP contribution in [-0.4, -0.2) is 4.98 Å². The third kappa shape index (κ3) is 2.57. The van der Waals surface area contributed by atoms with Gasteiger partial charge in [-0.25, -0.2) is 4.98 Å². The molecular weight excluding hydrogens is 326 g/mol. The summed E-state index contributed by atoms with van der Waals surface area (Å²) in [6, 6.07) is 15.4.